The summed E-state index contributed by atoms with van der Waals surface area (Å²) >= 11 is 0. The second-order valence-electron chi connectivity index (χ2n) is 6.87. The predicted molar refractivity (Wildman–Crippen MR) is 91.1 cm³/mol. The number of carbonyl (C=O) groups is 1. The van der Waals surface area contributed by atoms with Crippen molar-refractivity contribution in [3.63, 3.8) is 0 Å². The first-order valence-corrected chi connectivity index (χ1v) is 8.85. The van der Waals surface area contributed by atoms with Crippen molar-refractivity contribution in [2.24, 2.45) is 5.92 Å². The van der Waals surface area contributed by atoms with Gasteiger partial charge in [-0.1, -0.05) is 30.3 Å². The minimum absolute atomic E-state index is 0.182. The Labute approximate surface area is 139 Å². The standard InChI is InChI=1S/C19H28N2O2/c1-20(14-16-6-3-2-4-7-16)18-8-5-11-21(15-18)19(22)17-9-12-23-13-10-17/h2-4,6-7,17-18H,5,8-15H2,1H3/t18-/m1/s1. The summed E-state index contributed by atoms with van der Waals surface area (Å²) in [6.07, 6.45) is 4.07. The molecule has 0 unspecified atom stereocenters. The molecule has 4 nitrogen and oxygen atoms in total. The number of benzene rings is 1. The van der Waals surface area contributed by atoms with Crippen LogP contribution in [-0.2, 0) is 16.1 Å². The highest BCUT2D eigenvalue weighted by atomic mass is 16.5. The van der Waals surface area contributed by atoms with E-state index in [-0.39, 0.29) is 5.92 Å². The summed E-state index contributed by atoms with van der Waals surface area (Å²) in [5.74, 6) is 0.535. The molecule has 0 N–H and O–H groups in total. The predicted octanol–water partition coefficient (Wildman–Crippen LogP) is 2.54. The van der Waals surface area contributed by atoms with E-state index in [1.54, 1.807) is 0 Å². The molecule has 1 amide bonds. The minimum Gasteiger partial charge on any atom is -0.381 e. The summed E-state index contributed by atoms with van der Waals surface area (Å²) < 4.78 is 5.38. The summed E-state index contributed by atoms with van der Waals surface area (Å²) in [5.41, 5.74) is 1.34. The molecule has 0 radical (unpaired) electrons. The quantitative estimate of drug-likeness (QED) is 0.856. The van der Waals surface area contributed by atoms with Crippen molar-refractivity contribution < 1.29 is 9.53 Å². The molecule has 0 aromatic heterocycles. The molecule has 2 aliphatic rings. The van der Waals surface area contributed by atoms with Crippen molar-refractivity contribution in [1.29, 1.82) is 0 Å². The van der Waals surface area contributed by atoms with Gasteiger partial charge in [0.15, 0.2) is 0 Å². The number of likely N-dealkylation sites (tertiary alicyclic amines) is 1. The van der Waals surface area contributed by atoms with Crippen molar-refractivity contribution >= 4 is 5.91 Å². The summed E-state index contributed by atoms with van der Waals surface area (Å²) in [6.45, 7) is 4.22. The van der Waals surface area contributed by atoms with Gasteiger partial charge in [0.1, 0.15) is 0 Å². The topological polar surface area (TPSA) is 32.8 Å². The minimum atomic E-state index is 0.182. The number of piperidine rings is 1. The Morgan fingerprint density at radius 3 is 2.70 bits per heavy atom. The van der Waals surface area contributed by atoms with E-state index in [2.05, 4.69) is 47.2 Å². The van der Waals surface area contributed by atoms with Gasteiger partial charge in [-0.3, -0.25) is 9.69 Å². The van der Waals surface area contributed by atoms with Gasteiger partial charge < -0.3 is 9.64 Å². The number of hydrogen-bond acceptors (Lipinski definition) is 3. The lowest BCUT2D eigenvalue weighted by Gasteiger charge is -2.39. The van der Waals surface area contributed by atoms with Crippen LogP contribution in [0.2, 0.25) is 0 Å². The second kappa shape index (κ2) is 7.93. The molecular formula is C19H28N2O2. The zero-order chi connectivity index (χ0) is 16.1. The Balaban J connectivity index is 1.55. The Morgan fingerprint density at radius 2 is 1.96 bits per heavy atom. The van der Waals surface area contributed by atoms with E-state index in [9.17, 15) is 4.79 Å². The first-order valence-electron chi connectivity index (χ1n) is 8.85. The van der Waals surface area contributed by atoms with Gasteiger partial charge in [0.05, 0.1) is 0 Å². The number of rotatable bonds is 4. The van der Waals surface area contributed by atoms with Crippen LogP contribution in [0.3, 0.4) is 0 Å². The van der Waals surface area contributed by atoms with Crippen molar-refractivity contribution in [1.82, 2.24) is 9.80 Å². The Hall–Kier alpha value is -1.39. The monoisotopic (exact) mass is 316 g/mol. The Morgan fingerprint density at radius 1 is 1.22 bits per heavy atom. The number of hydrogen-bond donors (Lipinski definition) is 0. The van der Waals surface area contributed by atoms with Gasteiger partial charge >= 0.3 is 0 Å². The van der Waals surface area contributed by atoms with Crippen LogP contribution >= 0.6 is 0 Å². The van der Waals surface area contributed by atoms with E-state index in [0.29, 0.717) is 11.9 Å². The molecule has 23 heavy (non-hydrogen) atoms. The first-order chi connectivity index (χ1) is 11.2. The first kappa shape index (κ1) is 16.5. The third kappa shape index (κ3) is 4.33. The van der Waals surface area contributed by atoms with E-state index in [1.165, 1.54) is 12.0 Å². The van der Waals surface area contributed by atoms with Gasteiger partial charge in [0, 0.05) is 44.8 Å². The summed E-state index contributed by atoms with van der Waals surface area (Å²) in [6, 6.07) is 11.0. The Bertz CT molecular complexity index is 499. The van der Waals surface area contributed by atoms with Crippen LogP contribution in [0, 0.1) is 5.92 Å². The zero-order valence-corrected chi connectivity index (χ0v) is 14.1. The lowest BCUT2D eigenvalue weighted by atomic mass is 9.96. The molecule has 4 heteroatoms. The smallest absolute Gasteiger partial charge is 0.225 e. The van der Waals surface area contributed by atoms with Gasteiger partial charge in [0.25, 0.3) is 0 Å². The van der Waals surface area contributed by atoms with Crippen LogP contribution < -0.4 is 0 Å². The van der Waals surface area contributed by atoms with Crippen LogP contribution in [0.15, 0.2) is 30.3 Å². The summed E-state index contributed by atoms with van der Waals surface area (Å²) in [7, 11) is 2.18. The van der Waals surface area contributed by atoms with Gasteiger partial charge in [-0.25, -0.2) is 0 Å². The highest BCUT2D eigenvalue weighted by Crippen LogP contribution is 2.22. The lowest BCUT2D eigenvalue weighted by molar-refractivity contribution is -0.140. The number of likely N-dealkylation sites (N-methyl/N-ethyl adjacent to an activating group) is 1. The maximum Gasteiger partial charge on any atom is 0.225 e. The molecule has 0 saturated carbocycles. The fourth-order valence-electron chi connectivity index (χ4n) is 3.72. The highest BCUT2D eigenvalue weighted by Gasteiger charge is 2.31. The number of amides is 1. The van der Waals surface area contributed by atoms with Crippen molar-refractivity contribution in [2.75, 3.05) is 33.4 Å². The molecule has 1 aromatic carbocycles. The molecule has 2 heterocycles. The van der Waals surface area contributed by atoms with Crippen LogP contribution in [-0.4, -0.2) is 55.1 Å². The van der Waals surface area contributed by atoms with Crippen molar-refractivity contribution in [2.45, 2.75) is 38.3 Å². The normalized spacial score (nSPS) is 23.2. The van der Waals surface area contributed by atoms with Gasteiger partial charge in [-0.05, 0) is 38.3 Å². The molecule has 3 rings (SSSR count). The highest BCUT2D eigenvalue weighted by molar-refractivity contribution is 5.79. The third-order valence-corrected chi connectivity index (χ3v) is 5.18. The molecule has 2 aliphatic heterocycles. The van der Waals surface area contributed by atoms with Crippen molar-refractivity contribution in [3.8, 4) is 0 Å². The SMILES string of the molecule is CN(Cc1ccccc1)[C@@H]1CCCN(C(=O)C2CCOCC2)C1. The summed E-state index contributed by atoms with van der Waals surface area (Å²) in [4.78, 5) is 17.2. The fourth-order valence-corrected chi connectivity index (χ4v) is 3.72. The van der Waals surface area contributed by atoms with Gasteiger partial charge in [0.2, 0.25) is 5.91 Å². The number of nitrogens with zero attached hydrogens (tertiary/aromatic N) is 2. The van der Waals surface area contributed by atoms with E-state index in [1.807, 2.05) is 0 Å². The molecule has 2 fully saturated rings. The zero-order valence-electron chi connectivity index (χ0n) is 14.1. The van der Waals surface area contributed by atoms with Crippen LogP contribution in [0.25, 0.3) is 0 Å². The van der Waals surface area contributed by atoms with Gasteiger partial charge in [-0.15, -0.1) is 0 Å². The molecule has 0 bridgehead atoms. The number of carbonyl (C=O) groups excluding carboxylic acids is 1. The number of ether oxygens (including phenoxy) is 1. The third-order valence-electron chi connectivity index (χ3n) is 5.18. The maximum atomic E-state index is 12.7. The molecule has 1 aromatic rings. The Kier molecular flexibility index (Phi) is 5.68. The second-order valence-corrected chi connectivity index (χ2v) is 6.87. The largest absolute Gasteiger partial charge is 0.381 e. The van der Waals surface area contributed by atoms with Crippen LogP contribution in [0.4, 0.5) is 0 Å². The average Bonchev–Trinajstić information content (AvgIpc) is 2.63. The summed E-state index contributed by atoms with van der Waals surface area (Å²) in [5, 5.41) is 0. The molecule has 2 saturated heterocycles. The van der Waals surface area contributed by atoms with E-state index < -0.39 is 0 Å². The molecule has 0 spiro atoms. The molecule has 0 aliphatic carbocycles. The molecule has 1 atom stereocenters. The average molecular weight is 316 g/mol. The van der Waals surface area contributed by atoms with Gasteiger partial charge in [-0.2, -0.15) is 0 Å². The van der Waals surface area contributed by atoms with Crippen LogP contribution in [0.5, 0.6) is 0 Å². The van der Waals surface area contributed by atoms with Crippen LogP contribution in [0.1, 0.15) is 31.2 Å². The van der Waals surface area contributed by atoms with E-state index in [4.69, 9.17) is 4.74 Å². The van der Waals surface area contributed by atoms with E-state index >= 15 is 0 Å². The van der Waals surface area contributed by atoms with Crippen molar-refractivity contribution in [3.05, 3.63) is 35.9 Å². The van der Waals surface area contributed by atoms with E-state index in [0.717, 1.165) is 52.1 Å². The fraction of sp³-hybridized carbons (Fsp3) is 0.632. The molecular weight excluding hydrogens is 288 g/mol. The maximum absolute atomic E-state index is 12.7. The molecule has 126 valence electrons. The lowest BCUT2D eigenvalue weighted by Crippen LogP contribution is -2.50.